The molecule has 0 radical (unpaired) electrons. The molecule has 7 N–H and O–H groups in total. The Kier molecular flexibility index (Phi) is 27.7. The third-order valence-corrected chi connectivity index (χ3v) is 9.44. The summed E-state index contributed by atoms with van der Waals surface area (Å²) in [6, 6.07) is -3.70. The minimum Gasteiger partial charge on any atom is -0.481 e. The maximum Gasteiger partial charge on any atom is 0.322 e. The monoisotopic (exact) mass is 797 g/mol. The number of carboxylic acids is 2. The Morgan fingerprint density at radius 2 is 1.09 bits per heavy atom. The van der Waals surface area contributed by atoms with Gasteiger partial charge in [0.25, 0.3) is 5.97 Å². The zero-order valence-electron chi connectivity index (χ0n) is 35.0. The average molecular weight is 797 g/mol. The van der Waals surface area contributed by atoms with Gasteiger partial charge in [0.05, 0.1) is 6.54 Å². The summed E-state index contributed by atoms with van der Waals surface area (Å²) in [5, 5.41) is 29.1. The van der Waals surface area contributed by atoms with Crippen molar-refractivity contribution >= 4 is 47.4 Å². The molecule has 4 atom stereocenters. The molecule has 1 aliphatic rings. The van der Waals surface area contributed by atoms with Crippen molar-refractivity contribution in [3.05, 3.63) is 0 Å². The van der Waals surface area contributed by atoms with Crippen LogP contribution < -0.4 is 26.6 Å². The van der Waals surface area contributed by atoms with Crippen LogP contribution >= 0.6 is 0 Å². The number of amides is 6. The van der Waals surface area contributed by atoms with Gasteiger partial charge in [0.2, 0.25) is 35.4 Å². The summed E-state index contributed by atoms with van der Waals surface area (Å²) >= 11 is 0. The van der Waals surface area contributed by atoms with Crippen LogP contribution in [-0.2, 0) is 38.4 Å². The summed E-state index contributed by atoms with van der Waals surface area (Å²) in [5.74, 6) is -5.62. The minimum atomic E-state index is -1.20. The second-order valence-corrected chi connectivity index (χ2v) is 15.3. The van der Waals surface area contributed by atoms with Gasteiger partial charge >= 0.3 is 5.97 Å². The highest BCUT2D eigenvalue weighted by Gasteiger charge is 2.37. The number of unbranched alkanes of at least 4 members (excludes halogenated alkanes) is 12. The van der Waals surface area contributed by atoms with Crippen molar-refractivity contribution in [1.82, 2.24) is 31.5 Å². The van der Waals surface area contributed by atoms with E-state index in [9.17, 15) is 33.6 Å². The van der Waals surface area contributed by atoms with Crippen LogP contribution in [0.4, 0.5) is 0 Å². The van der Waals surface area contributed by atoms with E-state index in [1.165, 1.54) is 76.0 Å². The number of hydrogen-bond acceptors (Lipinski definition) is 8. The highest BCUT2D eigenvalue weighted by molar-refractivity contribution is 5.96. The molecule has 16 nitrogen and oxygen atoms in total. The van der Waals surface area contributed by atoms with Crippen LogP contribution in [0.3, 0.4) is 0 Å². The summed E-state index contributed by atoms with van der Waals surface area (Å²) in [6.45, 7) is 11.2. The molecule has 0 spiro atoms. The molecule has 1 heterocycles. The number of carbonyl (C=O) groups excluding carboxylic acids is 6. The van der Waals surface area contributed by atoms with Crippen molar-refractivity contribution in [2.45, 2.75) is 175 Å². The lowest BCUT2D eigenvalue weighted by Crippen LogP contribution is -2.58. The lowest BCUT2D eigenvalue weighted by Gasteiger charge is -2.29. The van der Waals surface area contributed by atoms with Gasteiger partial charge in [-0.25, -0.2) is 0 Å². The normalized spacial score (nSPS) is 15.2. The molecule has 1 saturated heterocycles. The number of likely N-dealkylation sites (tertiary alicyclic amines) is 1. The quantitative estimate of drug-likeness (QED) is 0.0596. The topological polar surface area (TPSA) is 240 Å². The molecule has 1 aliphatic heterocycles. The number of hydrogen-bond donors (Lipinski definition) is 7. The summed E-state index contributed by atoms with van der Waals surface area (Å²) in [5.41, 5.74) is 0. The van der Waals surface area contributed by atoms with Crippen LogP contribution in [0.5, 0.6) is 0 Å². The zero-order valence-corrected chi connectivity index (χ0v) is 35.0. The van der Waals surface area contributed by atoms with E-state index in [2.05, 4.69) is 33.5 Å². The molecule has 56 heavy (non-hydrogen) atoms. The SMILES string of the molecule is CC(=O)O.CCCCCCCCCCCCCCCC(=O)NC(C(=O)NCC(=O)NC(C(=O)NC(C)C(=O)N1CCCC1C(=O)NCC(=O)O)C(C)C)C(C)C. The fourth-order valence-corrected chi connectivity index (χ4v) is 6.32. The minimum absolute atomic E-state index is 0.206. The first-order valence-electron chi connectivity index (χ1n) is 20.6. The molecule has 0 saturated carbocycles. The molecule has 0 aromatic carbocycles. The van der Waals surface area contributed by atoms with Crippen LogP contribution in [0.25, 0.3) is 0 Å². The van der Waals surface area contributed by atoms with E-state index in [-0.39, 0.29) is 24.3 Å². The first-order valence-corrected chi connectivity index (χ1v) is 20.6. The van der Waals surface area contributed by atoms with Crippen LogP contribution in [0, 0.1) is 11.8 Å². The maximum absolute atomic E-state index is 13.2. The smallest absolute Gasteiger partial charge is 0.322 e. The number of carbonyl (C=O) groups is 8. The van der Waals surface area contributed by atoms with E-state index in [4.69, 9.17) is 15.0 Å². The van der Waals surface area contributed by atoms with Crippen molar-refractivity contribution in [3.8, 4) is 0 Å². The molecule has 0 bridgehead atoms. The highest BCUT2D eigenvalue weighted by atomic mass is 16.4. The van der Waals surface area contributed by atoms with E-state index in [0.29, 0.717) is 19.3 Å². The van der Waals surface area contributed by atoms with Gasteiger partial charge in [0.15, 0.2) is 0 Å². The highest BCUT2D eigenvalue weighted by Crippen LogP contribution is 2.19. The molecular weight excluding hydrogens is 724 g/mol. The fraction of sp³-hybridized carbons (Fsp3) is 0.800. The number of nitrogens with zero attached hydrogens (tertiary/aromatic N) is 1. The largest absolute Gasteiger partial charge is 0.481 e. The molecule has 1 fully saturated rings. The Balaban J connectivity index is 0.00000718. The van der Waals surface area contributed by atoms with Crippen molar-refractivity contribution in [1.29, 1.82) is 0 Å². The molecular formula is C40H72N6O10. The molecule has 16 heteroatoms. The predicted molar refractivity (Wildman–Crippen MR) is 213 cm³/mol. The summed E-state index contributed by atoms with van der Waals surface area (Å²) in [7, 11) is 0. The van der Waals surface area contributed by atoms with E-state index >= 15 is 0 Å². The summed E-state index contributed by atoms with van der Waals surface area (Å²) in [4.78, 5) is 98.3. The van der Waals surface area contributed by atoms with Crippen molar-refractivity contribution < 1.29 is 48.6 Å². The van der Waals surface area contributed by atoms with Gasteiger partial charge in [0.1, 0.15) is 30.7 Å². The van der Waals surface area contributed by atoms with E-state index in [1.54, 1.807) is 13.8 Å². The Morgan fingerprint density at radius 3 is 1.57 bits per heavy atom. The van der Waals surface area contributed by atoms with Crippen LogP contribution in [-0.4, -0.2) is 106 Å². The van der Waals surface area contributed by atoms with Crippen molar-refractivity contribution in [2.75, 3.05) is 19.6 Å². The van der Waals surface area contributed by atoms with E-state index in [1.807, 2.05) is 13.8 Å². The Morgan fingerprint density at radius 1 is 0.625 bits per heavy atom. The number of carboxylic acid groups (broad SMARTS) is 2. The molecule has 4 unspecified atom stereocenters. The molecule has 0 aliphatic carbocycles. The lowest BCUT2D eigenvalue weighted by atomic mass is 10.0. The predicted octanol–water partition coefficient (Wildman–Crippen LogP) is 3.65. The van der Waals surface area contributed by atoms with Crippen molar-refractivity contribution in [2.24, 2.45) is 11.8 Å². The molecule has 1 rings (SSSR count). The Labute approximate surface area is 333 Å². The zero-order chi connectivity index (χ0) is 42.6. The summed E-state index contributed by atoms with van der Waals surface area (Å²) < 4.78 is 0. The van der Waals surface area contributed by atoms with Gasteiger partial charge in [-0.05, 0) is 38.0 Å². The van der Waals surface area contributed by atoms with Crippen LogP contribution in [0.1, 0.15) is 151 Å². The first-order chi connectivity index (χ1) is 26.4. The maximum atomic E-state index is 13.2. The van der Waals surface area contributed by atoms with Gasteiger partial charge in [-0.1, -0.05) is 112 Å². The fourth-order valence-electron chi connectivity index (χ4n) is 6.32. The number of nitrogens with one attached hydrogen (secondary N) is 5. The molecule has 6 amide bonds. The third-order valence-electron chi connectivity index (χ3n) is 9.44. The van der Waals surface area contributed by atoms with Crippen LogP contribution in [0.15, 0.2) is 0 Å². The van der Waals surface area contributed by atoms with E-state index in [0.717, 1.165) is 26.2 Å². The van der Waals surface area contributed by atoms with Crippen LogP contribution in [0.2, 0.25) is 0 Å². The van der Waals surface area contributed by atoms with Gasteiger partial charge in [-0.15, -0.1) is 0 Å². The lowest BCUT2D eigenvalue weighted by molar-refractivity contribution is -0.142. The van der Waals surface area contributed by atoms with Gasteiger partial charge in [-0.2, -0.15) is 0 Å². The average Bonchev–Trinajstić information content (AvgIpc) is 3.62. The number of rotatable bonds is 27. The third kappa shape index (κ3) is 23.6. The second-order valence-electron chi connectivity index (χ2n) is 15.3. The standard InChI is InChI=1S/C38H68N6O8.C2H4O2/c1-7-8-9-10-11-12-13-14-15-16-17-18-19-22-30(45)42-33(26(2)3)36(50)39-24-31(46)43-34(27(4)5)37(51)41-28(6)38(52)44-23-20-21-29(44)35(49)40-25-32(47)48;1-2(3)4/h26-29,33-34H,7-25H2,1-6H3,(H,39,50)(H,40,49)(H,41,51)(H,42,45)(H,43,46)(H,47,48);1H3,(H,3,4). The Hall–Kier alpha value is -4.24. The molecule has 322 valence electrons. The second kappa shape index (κ2) is 30.0. The van der Waals surface area contributed by atoms with Gasteiger partial charge in [0, 0.05) is 19.9 Å². The summed E-state index contributed by atoms with van der Waals surface area (Å²) in [6.07, 6.45) is 17.0. The first kappa shape index (κ1) is 51.8. The van der Waals surface area contributed by atoms with Crippen molar-refractivity contribution in [3.63, 3.8) is 0 Å². The van der Waals surface area contributed by atoms with Gasteiger partial charge < -0.3 is 41.7 Å². The Bertz CT molecular complexity index is 1240. The van der Waals surface area contributed by atoms with Gasteiger partial charge in [-0.3, -0.25) is 38.4 Å². The molecule has 0 aromatic rings. The van der Waals surface area contributed by atoms with E-state index < -0.39 is 78.7 Å². The molecule has 0 aromatic heterocycles. The number of aliphatic carboxylic acids is 2.